The van der Waals surface area contributed by atoms with Crippen molar-refractivity contribution in [2.75, 3.05) is 19.8 Å². The monoisotopic (exact) mass is 422 g/mol. The Kier molecular flexibility index (Phi) is 6.05. The minimum absolute atomic E-state index is 0.0475. The van der Waals surface area contributed by atoms with E-state index in [9.17, 15) is 14.7 Å². The molecule has 0 saturated heterocycles. The molecule has 2 aromatic rings. The van der Waals surface area contributed by atoms with Crippen molar-refractivity contribution in [3.63, 3.8) is 0 Å². The molecule has 1 aromatic carbocycles. The molecule has 132 valence electrons. The van der Waals surface area contributed by atoms with Crippen LogP contribution in [0.2, 0.25) is 5.02 Å². The highest BCUT2D eigenvalue weighted by atomic mass is 79.9. The van der Waals surface area contributed by atoms with E-state index in [-0.39, 0.29) is 31.8 Å². The molecule has 0 aliphatic heterocycles. The summed E-state index contributed by atoms with van der Waals surface area (Å²) in [4.78, 5) is 24.2. The lowest BCUT2D eigenvalue weighted by Crippen LogP contribution is -2.56. The fourth-order valence-electron chi connectivity index (χ4n) is 2.04. The number of carbonyl (C=O) groups excluding carboxylic acids is 1. The first kappa shape index (κ1) is 18.9. The molecule has 1 heterocycles. The number of benzene rings is 1. The summed E-state index contributed by atoms with van der Waals surface area (Å²) in [5, 5.41) is 18.6. The smallest absolute Gasteiger partial charge is 0.420 e. The average molecular weight is 424 g/mol. The van der Waals surface area contributed by atoms with Gasteiger partial charge in [-0.2, -0.15) is 0 Å². The molecule has 1 atom stereocenters. The van der Waals surface area contributed by atoms with Gasteiger partial charge in [0.15, 0.2) is 11.1 Å². The van der Waals surface area contributed by atoms with E-state index >= 15 is 0 Å². The molecule has 8 nitrogen and oxygen atoms in total. The zero-order chi connectivity index (χ0) is 17.9. The van der Waals surface area contributed by atoms with Crippen LogP contribution < -0.4 is 11.5 Å². The molecule has 1 unspecified atom stereocenters. The number of ether oxygens (including phenoxy) is 1. The lowest BCUT2D eigenvalue weighted by Gasteiger charge is -2.25. The van der Waals surface area contributed by atoms with Gasteiger partial charge >= 0.3 is 11.7 Å². The number of halogens is 2. The van der Waals surface area contributed by atoms with Crippen LogP contribution in [0.25, 0.3) is 11.1 Å². The van der Waals surface area contributed by atoms with Gasteiger partial charge in [0.05, 0.1) is 30.3 Å². The predicted molar refractivity (Wildman–Crippen MR) is 89.9 cm³/mol. The number of aromatic nitrogens is 1. The molecule has 0 aliphatic carbocycles. The number of carbonyl (C=O) groups is 1. The Balaban J connectivity index is 2.35. The molecule has 0 amide bonds. The molecule has 10 heteroatoms. The van der Waals surface area contributed by atoms with Crippen LogP contribution in [0.5, 0.6) is 0 Å². The van der Waals surface area contributed by atoms with E-state index in [1.807, 2.05) is 0 Å². The lowest BCUT2D eigenvalue weighted by molar-refractivity contribution is -0.152. The standard InChI is InChI=1S/C14H16BrClN2O6/c15-8-4-11-10(5-9(8)16)18(13(22)24-11)6-14(17,7-20)12(21)23-3-1-2-19/h4-5,19-20H,1-3,6-7,17H2. The zero-order valence-electron chi connectivity index (χ0n) is 12.5. The van der Waals surface area contributed by atoms with Gasteiger partial charge in [0.1, 0.15) is 0 Å². The van der Waals surface area contributed by atoms with Crippen molar-refractivity contribution in [2.24, 2.45) is 5.73 Å². The third-order valence-corrected chi connectivity index (χ3v) is 4.57. The van der Waals surface area contributed by atoms with Gasteiger partial charge in [-0.05, 0) is 28.1 Å². The Bertz CT molecular complexity index is 804. The number of hydrogen-bond acceptors (Lipinski definition) is 7. The van der Waals surface area contributed by atoms with Crippen LogP contribution in [-0.4, -0.2) is 46.1 Å². The molecule has 24 heavy (non-hydrogen) atoms. The predicted octanol–water partition coefficient (Wildman–Crippen LogP) is 0.626. The van der Waals surface area contributed by atoms with Gasteiger partial charge in [-0.1, -0.05) is 11.6 Å². The van der Waals surface area contributed by atoms with Gasteiger partial charge < -0.3 is 25.1 Å². The van der Waals surface area contributed by atoms with Crippen LogP contribution in [-0.2, 0) is 16.1 Å². The molecule has 0 fully saturated rings. The van der Waals surface area contributed by atoms with Gasteiger partial charge in [-0.3, -0.25) is 4.57 Å². The molecular formula is C14H16BrClN2O6. The fourth-order valence-corrected chi connectivity index (χ4v) is 2.52. The molecule has 0 radical (unpaired) electrons. The highest BCUT2D eigenvalue weighted by Gasteiger charge is 2.37. The van der Waals surface area contributed by atoms with E-state index in [0.717, 1.165) is 4.57 Å². The van der Waals surface area contributed by atoms with Crippen LogP contribution in [0.3, 0.4) is 0 Å². The Morgan fingerprint density at radius 3 is 2.79 bits per heavy atom. The first-order valence-electron chi connectivity index (χ1n) is 6.98. The summed E-state index contributed by atoms with van der Waals surface area (Å²) >= 11 is 9.24. The summed E-state index contributed by atoms with van der Waals surface area (Å²) in [6.45, 7) is -1.29. The topological polar surface area (TPSA) is 128 Å². The first-order chi connectivity index (χ1) is 11.3. The maximum atomic E-state index is 12.1. The second-order valence-corrected chi connectivity index (χ2v) is 6.48. The Labute approximate surface area is 149 Å². The molecule has 1 aromatic heterocycles. The number of nitrogens with zero attached hydrogens (tertiary/aromatic N) is 1. The molecule has 0 bridgehead atoms. The number of nitrogens with two attached hydrogens (primary N) is 1. The number of hydrogen-bond donors (Lipinski definition) is 3. The van der Waals surface area contributed by atoms with Gasteiger partial charge in [-0.25, -0.2) is 9.59 Å². The minimum Gasteiger partial charge on any atom is -0.464 e. The molecule has 4 N–H and O–H groups in total. The Morgan fingerprint density at radius 2 is 2.17 bits per heavy atom. The van der Waals surface area contributed by atoms with Crippen molar-refractivity contribution in [1.29, 1.82) is 0 Å². The summed E-state index contributed by atoms with van der Waals surface area (Å²) < 4.78 is 11.7. The van der Waals surface area contributed by atoms with E-state index in [4.69, 9.17) is 31.6 Å². The first-order valence-corrected chi connectivity index (χ1v) is 8.15. The third kappa shape index (κ3) is 3.81. The summed E-state index contributed by atoms with van der Waals surface area (Å²) in [6, 6.07) is 3.01. The molecule has 0 aliphatic rings. The maximum absolute atomic E-state index is 12.1. The summed E-state index contributed by atoms with van der Waals surface area (Å²) in [7, 11) is 0. The van der Waals surface area contributed by atoms with Crippen molar-refractivity contribution >= 4 is 44.6 Å². The van der Waals surface area contributed by atoms with E-state index in [1.54, 1.807) is 0 Å². The van der Waals surface area contributed by atoms with Crippen molar-refractivity contribution < 1.29 is 24.2 Å². The van der Waals surface area contributed by atoms with Crippen molar-refractivity contribution in [2.45, 2.75) is 18.5 Å². The molecule has 0 saturated carbocycles. The molecule has 2 rings (SSSR count). The second-order valence-electron chi connectivity index (χ2n) is 5.22. The Hall–Kier alpha value is -1.39. The normalized spacial score (nSPS) is 13.9. The van der Waals surface area contributed by atoms with Gasteiger partial charge in [0, 0.05) is 17.5 Å². The largest absolute Gasteiger partial charge is 0.464 e. The van der Waals surface area contributed by atoms with Crippen LogP contribution in [0, 0.1) is 0 Å². The number of fused-ring (bicyclic) bond motifs is 1. The quantitative estimate of drug-likeness (QED) is 0.440. The fraction of sp³-hybridized carbons (Fsp3) is 0.429. The third-order valence-electron chi connectivity index (χ3n) is 3.37. The summed E-state index contributed by atoms with van der Waals surface area (Å²) in [6.07, 6.45) is 0.242. The Morgan fingerprint density at radius 1 is 1.46 bits per heavy atom. The summed E-state index contributed by atoms with van der Waals surface area (Å²) in [5.74, 6) is -1.63. The summed E-state index contributed by atoms with van der Waals surface area (Å²) in [5.41, 5.74) is 4.66. The lowest BCUT2D eigenvalue weighted by atomic mass is 10.0. The van der Waals surface area contributed by atoms with E-state index in [2.05, 4.69) is 15.9 Å². The van der Waals surface area contributed by atoms with Gasteiger partial charge in [0.2, 0.25) is 0 Å². The number of oxazole rings is 1. The SMILES string of the molecule is NC(CO)(Cn1c(=O)oc2cc(Br)c(Cl)cc21)C(=O)OCCCO. The number of aliphatic hydroxyl groups excluding tert-OH is 2. The van der Waals surface area contributed by atoms with Crippen molar-refractivity contribution in [3.8, 4) is 0 Å². The van der Waals surface area contributed by atoms with Crippen molar-refractivity contribution in [3.05, 3.63) is 32.2 Å². The maximum Gasteiger partial charge on any atom is 0.420 e. The van der Waals surface area contributed by atoms with E-state index in [1.165, 1.54) is 12.1 Å². The van der Waals surface area contributed by atoms with Gasteiger partial charge in [-0.15, -0.1) is 0 Å². The molecule has 0 spiro atoms. The number of aliphatic hydroxyl groups is 2. The zero-order valence-corrected chi connectivity index (χ0v) is 14.8. The van der Waals surface area contributed by atoms with Crippen LogP contribution >= 0.6 is 27.5 Å². The van der Waals surface area contributed by atoms with E-state index < -0.39 is 23.9 Å². The van der Waals surface area contributed by atoms with Crippen LogP contribution in [0.1, 0.15) is 6.42 Å². The minimum atomic E-state index is -1.84. The van der Waals surface area contributed by atoms with Crippen molar-refractivity contribution in [1.82, 2.24) is 4.57 Å². The van der Waals surface area contributed by atoms with Gasteiger partial charge in [0.25, 0.3) is 0 Å². The highest BCUT2D eigenvalue weighted by Crippen LogP contribution is 2.28. The van der Waals surface area contributed by atoms with E-state index in [0.29, 0.717) is 15.0 Å². The number of esters is 1. The number of rotatable bonds is 7. The highest BCUT2D eigenvalue weighted by molar-refractivity contribution is 9.10. The van der Waals surface area contributed by atoms with Crippen LogP contribution in [0.4, 0.5) is 0 Å². The second kappa shape index (κ2) is 7.66. The van der Waals surface area contributed by atoms with Crippen LogP contribution in [0.15, 0.2) is 25.8 Å². The average Bonchev–Trinajstić information content (AvgIpc) is 2.83. The molecular weight excluding hydrogens is 408 g/mol.